The minimum atomic E-state index is -4.45. The molecule has 0 spiro atoms. The van der Waals surface area contributed by atoms with Gasteiger partial charge in [0.2, 0.25) is 0 Å². The van der Waals surface area contributed by atoms with Gasteiger partial charge in [-0.2, -0.15) is 13.2 Å². The predicted molar refractivity (Wildman–Crippen MR) is 73.0 cm³/mol. The van der Waals surface area contributed by atoms with Gasteiger partial charge in [0, 0.05) is 5.56 Å². The zero-order valence-corrected chi connectivity index (χ0v) is 11.6. The minimum Gasteiger partial charge on any atom is -0.456 e. The van der Waals surface area contributed by atoms with Gasteiger partial charge in [-0.15, -0.1) is 0 Å². The molecule has 6 heteroatoms. The summed E-state index contributed by atoms with van der Waals surface area (Å²) in [4.78, 5) is 11.1. The van der Waals surface area contributed by atoms with Crippen molar-refractivity contribution in [2.75, 3.05) is 0 Å². The maximum absolute atomic E-state index is 12.5. The Labute approximate surface area is 124 Å². The summed E-state index contributed by atoms with van der Waals surface area (Å²) in [6.07, 6.45) is -4.45. The van der Waals surface area contributed by atoms with Crippen molar-refractivity contribution < 1.29 is 22.7 Å². The Hall–Kier alpha value is -2.01. The van der Waals surface area contributed by atoms with Crippen molar-refractivity contribution in [3.63, 3.8) is 0 Å². The van der Waals surface area contributed by atoms with Gasteiger partial charge < -0.3 is 4.74 Å². The highest BCUT2D eigenvalue weighted by molar-refractivity contribution is 6.32. The van der Waals surface area contributed by atoms with Crippen molar-refractivity contribution in [3.8, 4) is 11.5 Å². The van der Waals surface area contributed by atoms with Gasteiger partial charge in [-0.25, -0.2) is 0 Å². The number of halogens is 4. The maximum atomic E-state index is 12.5. The summed E-state index contributed by atoms with van der Waals surface area (Å²) in [5.74, 6) is 0.399. The lowest BCUT2D eigenvalue weighted by Crippen LogP contribution is -2.04. The van der Waals surface area contributed by atoms with E-state index in [0.717, 1.165) is 18.2 Å². The molecule has 2 rings (SSSR count). The molecule has 0 aliphatic rings. The number of hydrogen-bond acceptors (Lipinski definition) is 2. The van der Waals surface area contributed by atoms with Gasteiger partial charge in [0.15, 0.2) is 5.78 Å². The van der Waals surface area contributed by atoms with Gasteiger partial charge in [0.1, 0.15) is 11.5 Å². The van der Waals surface area contributed by atoms with E-state index in [2.05, 4.69) is 0 Å². The summed E-state index contributed by atoms with van der Waals surface area (Å²) in [5, 5.41) is -0.138. The average molecular weight is 315 g/mol. The number of carbonyl (C=O) groups is 1. The number of ketones is 1. The molecule has 0 bridgehead atoms. The number of benzene rings is 2. The Morgan fingerprint density at radius 1 is 1.10 bits per heavy atom. The van der Waals surface area contributed by atoms with Crippen LogP contribution < -0.4 is 4.74 Å². The lowest BCUT2D eigenvalue weighted by Gasteiger charge is -2.11. The molecule has 0 saturated heterocycles. The van der Waals surface area contributed by atoms with Crippen LogP contribution in [0.5, 0.6) is 11.5 Å². The van der Waals surface area contributed by atoms with E-state index < -0.39 is 11.7 Å². The second-order valence-electron chi connectivity index (χ2n) is 4.33. The smallest absolute Gasteiger partial charge is 0.416 e. The second-order valence-corrected chi connectivity index (χ2v) is 4.73. The van der Waals surface area contributed by atoms with E-state index in [1.54, 1.807) is 24.3 Å². The van der Waals surface area contributed by atoms with Crippen LogP contribution in [-0.4, -0.2) is 5.78 Å². The van der Waals surface area contributed by atoms with E-state index in [9.17, 15) is 18.0 Å². The van der Waals surface area contributed by atoms with E-state index in [0.29, 0.717) is 11.3 Å². The molecule has 0 atom stereocenters. The van der Waals surface area contributed by atoms with Crippen LogP contribution in [0.2, 0.25) is 5.02 Å². The van der Waals surface area contributed by atoms with Crippen LogP contribution in [0.1, 0.15) is 22.8 Å². The van der Waals surface area contributed by atoms with Gasteiger partial charge in [-0.1, -0.05) is 11.6 Å². The van der Waals surface area contributed by atoms with Crippen molar-refractivity contribution in [3.05, 3.63) is 58.6 Å². The van der Waals surface area contributed by atoms with Crippen LogP contribution in [0.3, 0.4) is 0 Å². The summed E-state index contributed by atoms with van der Waals surface area (Å²) >= 11 is 5.79. The molecular formula is C15H10ClF3O2. The Balaban J connectivity index is 2.22. The van der Waals surface area contributed by atoms with Crippen LogP contribution in [-0.2, 0) is 6.18 Å². The molecule has 0 radical (unpaired) electrons. The number of Topliss-reactive ketones (excluding diaryl/α,β-unsaturated/α-hetero) is 1. The highest BCUT2D eigenvalue weighted by Gasteiger charge is 2.31. The third-order valence-electron chi connectivity index (χ3n) is 2.75. The molecule has 2 aromatic carbocycles. The molecule has 0 aliphatic carbocycles. The summed E-state index contributed by atoms with van der Waals surface area (Å²) in [7, 11) is 0. The first kappa shape index (κ1) is 15.4. The minimum absolute atomic E-state index is 0.0888. The molecule has 2 aromatic rings. The summed E-state index contributed by atoms with van der Waals surface area (Å²) in [6, 6.07) is 9.08. The van der Waals surface area contributed by atoms with Crippen LogP contribution in [0.15, 0.2) is 42.5 Å². The molecular weight excluding hydrogens is 305 g/mol. The monoisotopic (exact) mass is 314 g/mol. The Morgan fingerprint density at radius 2 is 1.71 bits per heavy atom. The molecule has 110 valence electrons. The topological polar surface area (TPSA) is 26.3 Å². The predicted octanol–water partition coefficient (Wildman–Crippen LogP) is 5.35. The van der Waals surface area contributed by atoms with Crippen molar-refractivity contribution in [2.24, 2.45) is 0 Å². The summed E-state index contributed by atoms with van der Waals surface area (Å²) in [5.41, 5.74) is -0.326. The summed E-state index contributed by atoms with van der Waals surface area (Å²) in [6.45, 7) is 1.43. The Morgan fingerprint density at radius 3 is 2.19 bits per heavy atom. The largest absolute Gasteiger partial charge is 0.456 e. The van der Waals surface area contributed by atoms with Gasteiger partial charge in [0.05, 0.1) is 10.6 Å². The fraction of sp³-hybridized carbons (Fsp3) is 0.133. The van der Waals surface area contributed by atoms with E-state index in [4.69, 9.17) is 16.3 Å². The molecule has 0 aromatic heterocycles. The van der Waals surface area contributed by atoms with Crippen LogP contribution in [0.4, 0.5) is 13.2 Å². The van der Waals surface area contributed by atoms with Crippen molar-refractivity contribution in [1.82, 2.24) is 0 Å². The number of ether oxygens (including phenoxy) is 1. The fourth-order valence-electron chi connectivity index (χ4n) is 1.64. The standard InChI is InChI=1S/C15H10ClF3O2/c1-9(20)10-2-5-12(6-3-10)21-14-7-4-11(8-13(14)16)15(17,18)19/h2-8H,1H3. The third-order valence-corrected chi connectivity index (χ3v) is 3.04. The van der Waals surface area contributed by atoms with Gasteiger partial charge >= 0.3 is 6.18 Å². The van der Waals surface area contributed by atoms with Crippen molar-refractivity contribution >= 4 is 17.4 Å². The third kappa shape index (κ3) is 3.76. The summed E-state index contributed by atoms with van der Waals surface area (Å²) < 4.78 is 42.9. The molecule has 0 saturated carbocycles. The lowest BCUT2D eigenvalue weighted by atomic mass is 10.1. The molecule has 0 aliphatic heterocycles. The number of rotatable bonds is 3. The molecule has 0 fully saturated rings. The van der Waals surface area contributed by atoms with Gasteiger partial charge in [-0.3, -0.25) is 4.79 Å². The van der Waals surface area contributed by atoms with Crippen LogP contribution in [0.25, 0.3) is 0 Å². The van der Waals surface area contributed by atoms with Crippen molar-refractivity contribution in [1.29, 1.82) is 0 Å². The highest BCUT2D eigenvalue weighted by atomic mass is 35.5. The first-order valence-electron chi connectivity index (χ1n) is 5.93. The normalized spacial score (nSPS) is 11.3. The van der Waals surface area contributed by atoms with Gasteiger partial charge in [0.25, 0.3) is 0 Å². The van der Waals surface area contributed by atoms with Crippen LogP contribution >= 0.6 is 11.6 Å². The second kappa shape index (κ2) is 5.77. The molecule has 0 unspecified atom stereocenters. The maximum Gasteiger partial charge on any atom is 0.416 e. The average Bonchev–Trinajstić information content (AvgIpc) is 2.40. The molecule has 21 heavy (non-hydrogen) atoms. The van der Waals surface area contributed by atoms with Crippen LogP contribution in [0, 0.1) is 0 Å². The molecule has 2 nitrogen and oxygen atoms in total. The first-order chi connectivity index (χ1) is 9.77. The van der Waals surface area contributed by atoms with E-state index >= 15 is 0 Å². The quantitative estimate of drug-likeness (QED) is 0.713. The fourth-order valence-corrected chi connectivity index (χ4v) is 1.86. The van der Waals surface area contributed by atoms with E-state index in [1.165, 1.54) is 6.92 Å². The number of carbonyl (C=O) groups excluding carboxylic acids is 1. The lowest BCUT2D eigenvalue weighted by molar-refractivity contribution is -0.137. The molecule has 0 amide bonds. The van der Waals surface area contributed by atoms with Gasteiger partial charge in [-0.05, 0) is 49.4 Å². The molecule has 0 N–H and O–H groups in total. The SMILES string of the molecule is CC(=O)c1ccc(Oc2ccc(C(F)(F)F)cc2Cl)cc1. The zero-order valence-electron chi connectivity index (χ0n) is 10.9. The number of alkyl halides is 3. The number of hydrogen-bond donors (Lipinski definition) is 0. The zero-order chi connectivity index (χ0) is 15.6. The van der Waals surface area contributed by atoms with E-state index in [-0.39, 0.29) is 16.6 Å². The van der Waals surface area contributed by atoms with Crippen molar-refractivity contribution in [2.45, 2.75) is 13.1 Å². The molecule has 0 heterocycles. The first-order valence-corrected chi connectivity index (χ1v) is 6.31. The Kier molecular flexibility index (Phi) is 4.23. The van der Waals surface area contributed by atoms with E-state index in [1.807, 2.05) is 0 Å². The Bertz CT molecular complexity index is 664. The highest BCUT2D eigenvalue weighted by Crippen LogP contribution is 2.36.